The molecule has 60 valence electrons. The third-order valence-corrected chi connectivity index (χ3v) is 1.09. The summed E-state index contributed by atoms with van der Waals surface area (Å²) in [7, 11) is 0. The van der Waals surface area contributed by atoms with E-state index < -0.39 is 11.7 Å². The molecule has 11 heavy (non-hydrogen) atoms. The second-order valence-corrected chi connectivity index (χ2v) is 2.05. The van der Waals surface area contributed by atoms with Crippen molar-refractivity contribution in [2.75, 3.05) is 0 Å². The van der Waals surface area contributed by atoms with Crippen LogP contribution in [0.3, 0.4) is 0 Å². The van der Waals surface area contributed by atoms with Gasteiger partial charge in [0.15, 0.2) is 5.83 Å². The zero-order valence-electron chi connectivity index (χ0n) is 6.49. The van der Waals surface area contributed by atoms with Crippen LogP contribution in [-0.4, -0.2) is 0 Å². The first kappa shape index (κ1) is 9.83. The molecule has 3 heteroatoms. The van der Waals surface area contributed by atoms with E-state index in [1.165, 1.54) is 13.8 Å². The second kappa shape index (κ2) is 4.62. The predicted octanol–water partition coefficient (Wildman–Crippen LogP) is 3.02. The maximum atomic E-state index is 12.5. The zero-order chi connectivity index (χ0) is 8.85. The molecule has 0 spiro atoms. The lowest BCUT2D eigenvalue weighted by Crippen LogP contribution is -1.76. The molecule has 1 nitrogen and oxygen atoms in total. The van der Waals surface area contributed by atoms with Crippen LogP contribution in [0.2, 0.25) is 0 Å². The van der Waals surface area contributed by atoms with Gasteiger partial charge in [0.2, 0.25) is 0 Å². The van der Waals surface area contributed by atoms with Gasteiger partial charge in [0, 0.05) is 5.57 Å². The molecule has 0 aliphatic carbocycles. The summed E-state index contributed by atoms with van der Waals surface area (Å²) in [6.45, 7) is 2.92. The van der Waals surface area contributed by atoms with Gasteiger partial charge in [-0.15, -0.1) is 0 Å². The summed E-state index contributed by atoms with van der Waals surface area (Å²) in [4.78, 5) is 0. The van der Waals surface area contributed by atoms with Crippen molar-refractivity contribution in [2.45, 2.75) is 20.3 Å². The SMILES string of the molecule is CC/C(F)=C(F)\C=C(/C)C#N. The number of nitriles is 1. The van der Waals surface area contributed by atoms with Gasteiger partial charge in [-0.2, -0.15) is 5.26 Å². The molecule has 0 saturated carbocycles. The van der Waals surface area contributed by atoms with Crippen LogP contribution in [0.1, 0.15) is 20.3 Å². The molecule has 0 N–H and O–H groups in total. The Balaban J connectivity index is 4.54. The largest absolute Gasteiger partial charge is 0.209 e. The fraction of sp³-hybridized carbons (Fsp3) is 0.375. The first-order valence-electron chi connectivity index (χ1n) is 3.24. The monoisotopic (exact) mass is 157 g/mol. The van der Waals surface area contributed by atoms with E-state index >= 15 is 0 Å². The van der Waals surface area contributed by atoms with Crippen molar-refractivity contribution in [3.05, 3.63) is 23.3 Å². The number of allylic oxidation sites excluding steroid dienone is 4. The van der Waals surface area contributed by atoms with E-state index in [9.17, 15) is 8.78 Å². The molecule has 0 unspecified atom stereocenters. The highest BCUT2D eigenvalue weighted by atomic mass is 19.2. The minimum absolute atomic E-state index is 0.0149. The van der Waals surface area contributed by atoms with Gasteiger partial charge in [0.25, 0.3) is 0 Å². The Kier molecular flexibility index (Phi) is 4.12. The molecule has 0 atom stereocenters. The van der Waals surface area contributed by atoms with E-state index in [2.05, 4.69) is 0 Å². The van der Waals surface area contributed by atoms with Gasteiger partial charge in [-0.25, -0.2) is 8.78 Å². The fourth-order valence-electron chi connectivity index (χ4n) is 0.470. The molecule has 0 saturated heterocycles. The van der Waals surface area contributed by atoms with Crippen LogP contribution in [0.25, 0.3) is 0 Å². The second-order valence-electron chi connectivity index (χ2n) is 2.05. The molecule has 0 bridgehead atoms. The van der Waals surface area contributed by atoms with Crippen molar-refractivity contribution in [3.63, 3.8) is 0 Å². The van der Waals surface area contributed by atoms with Gasteiger partial charge in [0.05, 0.1) is 6.07 Å². The van der Waals surface area contributed by atoms with Crippen molar-refractivity contribution >= 4 is 0 Å². The first-order valence-corrected chi connectivity index (χ1v) is 3.24. The Labute approximate surface area is 64.6 Å². The molecule has 0 aliphatic heterocycles. The third kappa shape index (κ3) is 3.51. The van der Waals surface area contributed by atoms with Crippen molar-refractivity contribution in [3.8, 4) is 6.07 Å². The van der Waals surface area contributed by atoms with Crippen LogP contribution >= 0.6 is 0 Å². The fourth-order valence-corrected chi connectivity index (χ4v) is 0.470. The summed E-state index contributed by atoms with van der Waals surface area (Å²) < 4.78 is 24.9. The quantitative estimate of drug-likeness (QED) is 0.446. The average molecular weight is 157 g/mol. The maximum absolute atomic E-state index is 12.5. The summed E-state index contributed by atoms with van der Waals surface area (Å²) >= 11 is 0. The van der Waals surface area contributed by atoms with E-state index in [-0.39, 0.29) is 12.0 Å². The normalized spacial score (nSPS) is 13.9. The lowest BCUT2D eigenvalue weighted by molar-refractivity contribution is 0.532. The summed E-state index contributed by atoms with van der Waals surface area (Å²) in [6, 6.07) is 1.70. The average Bonchev–Trinajstić information content (AvgIpc) is 2.02. The Morgan fingerprint density at radius 1 is 1.55 bits per heavy atom. The number of nitrogens with zero attached hydrogens (tertiary/aromatic N) is 1. The highest BCUT2D eigenvalue weighted by Crippen LogP contribution is 2.13. The number of hydrogen-bond donors (Lipinski definition) is 0. The minimum atomic E-state index is -0.952. The first-order chi connectivity index (χ1) is 5.11. The highest BCUT2D eigenvalue weighted by Gasteiger charge is 1.99. The molecule has 0 radical (unpaired) electrons. The molecule has 0 aromatic rings. The van der Waals surface area contributed by atoms with Gasteiger partial charge in [-0.3, -0.25) is 0 Å². The van der Waals surface area contributed by atoms with Crippen LogP contribution in [0, 0.1) is 11.3 Å². The molecule has 0 fully saturated rings. The van der Waals surface area contributed by atoms with Crippen molar-refractivity contribution in [1.29, 1.82) is 5.26 Å². The third-order valence-electron chi connectivity index (χ3n) is 1.09. The smallest absolute Gasteiger partial charge is 0.155 e. The maximum Gasteiger partial charge on any atom is 0.155 e. The Morgan fingerprint density at radius 3 is 2.45 bits per heavy atom. The highest BCUT2D eigenvalue weighted by molar-refractivity contribution is 5.27. The van der Waals surface area contributed by atoms with E-state index in [0.717, 1.165) is 6.08 Å². The molecule has 0 aromatic carbocycles. The number of rotatable bonds is 2. The molecule has 0 rings (SSSR count). The van der Waals surface area contributed by atoms with Crippen molar-refractivity contribution in [2.24, 2.45) is 0 Å². The van der Waals surface area contributed by atoms with Crippen molar-refractivity contribution < 1.29 is 8.78 Å². The Morgan fingerprint density at radius 2 is 2.09 bits per heavy atom. The van der Waals surface area contributed by atoms with Crippen LogP contribution in [0.15, 0.2) is 23.3 Å². The zero-order valence-corrected chi connectivity index (χ0v) is 6.49. The van der Waals surface area contributed by atoms with Crippen LogP contribution in [-0.2, 0) is 0 Å². The van der Waals surface area contributed by atoms with E-state index in [4.69, 9.17) is 5.26 Å². The molecule has 0 amide bonds. The summed E-state index contributed by atoms with van der Waals surface area (Å²) in [5.41, 5.74) is 0.158. The van der Waals surface area contributed by atoms with Gasteiger partial charge >= 0.3 is 0 Å². The molecular weight excluding hydrogens is 148 g/mol. The Hall–Kier alpha value is -1.17. The molecule has 0 aliphatic rings. The van der Waals surface area contributed by atoms with Crippen LogP contribution in [0.5, 0.6) is 0 Å². The van der Waals surface area contributed by atoms with E-state index in [1.54, 1.807) is 6.07 Å². The lowest BCUT2D eigenvalue weighted by atomic mass is 10.2. The standard InChI is InChI=1S/C8H9F2N/c1-3-7(9)8(10)4-6(2)5-11/h4H,3H2,1-2H3/b6-4+,8-7-. The Bertz CT molecular complexity index is 233. The summed E-state index contributed by atoms with van der Waals surface area (Å²) in [5.74, 6) is -1.77. The van der Waals surface area contributed by atoms with Crippen molar-refractivity contribution in [1.82, 2.24) is 0 Å². The van der Waals surface area contributed by atoms with Gasteiger partial charge in [-0.1, -0.05) is 6.92 Å². The van der Waals surface area contributed by atoms with Crippen LogP contribution < -0.4 is 0 Å². The lowest BCUT2D eigenvalue weighted by Gasteiger charge is -1.90. The number of hydrogen-bond acceptors (Lipinski definition) is 1. The van der Waals surface area contributed by atoms with Crippen LogP contribution in [0.4, 0.5) is 8.78 Å². The molecular formula is C8H9F2N. The molecule has 0 aromatic heterocycles. The predicted molar refractivity (Wildman–Crippen MR) is 38.9 cm³/mol. The van der Waals surface area contributed by atoms with E-state index in [0.29, 0.717) is 0 Å². The van der Waals surface area contributed by atoms with Gasteiger partial charge in [0.1, 0.15) is 5.83 Å². The minimum Gasteiger partial charge on any atom is -0.209 e. The summed E-state index contributed by atoms with van der Waals surface area (Å²) in [5, 5.41) is 8.21. The summed E-state index contributed by atoms with van der Waals surface area (Å²) in [6.07, 6.45) is 0.903. The number of halogens is 2. The van der Waals surface area contributed by atoms with Gasteiger partial charge < -0.3 is 0 Å². The topological polar surface area (TPSA) is 23.8 Å². The van der Waals surface area contributed by atoms with Gasteiger partial charge in [-0.05, 0) is 19.4 Å². The van der Waals surface area contributed by atoms with E-state index in [1.807, 2.05) is 0 Å². The molecule has 0 heterocycles.